The van der Waals surface area contributed by atoms with E-state index in [1.807, 2.05) is 0 Å². The van der Waals surface area contributed by atoms with E-state index in [1.54, 1.807) is 12.1 Å². The number of halogens is 4. The SMILES string of the molecule is OC1CC(c2ccc(F)cc2)c2cc(C(F)(F)F)ccc21. The van der Waals surface area contributed by atoms with Crippen molar-refractivity contribution in [2.45, 2.75) is 24.6 Å². The van der Waals surface area contributed by atoms with Gasteiger partial charge < -0.3 is 5.11 Å². The summed E-state index contributed by atoms with van der Waals surface area (Å²) in [7, 11) is 0. The fourth-order valence-electron chi connectivity index (χ4n) is 2.84. The topological polar surface area (TPSA) is 20.2 Å². The maximum absolute atomic E-state index is 13.0. The van der Waals surface area contributed by atoms with Gasteiger partial charge in [0.2, 0.25) is 0 Å². The van der Waals surface area contributed by atoms with Crippen molar-refractivity contribution >= 4 is 0 Å². The Balaban J connectivity index is 2.07. The molecule has 1 nitrogen and oxygen atoms in total. The van der Waals surface area contributed by atoms with Crippen LogP contribution < -0.4 is 0 Å². The molecule has 21 heavy (non-hydrogen) atoms. The number of aliphatic hydroxyl groups excluding tert-OH is 1. The summed E-state index contributed by atoms with van der Waals surface area (Å²) in [6.45, 7) is 0. The zero-order chi connectivity index (χ0) is 15.2. The van der Waals surface area contributed by atoms with Crippen LogP contribution in [0.2, 0.25) is 0 Å². The lowest BCUT2D eigenvalue weighted by Gasteiger charge is -2.14. The molecule has 1 aliphatic rings. The van der Waals surface area contributed by atoms with Crippen LogP contribution in [-0.2, 0) is 6.18 Å². The predicted octanol–water partition coefficient (Wildman–Crippen LogP) is 4.41. The largest absolute Gasteiger partial charge is 0.416 e. The average Bonchev–Trinajstić information content (AvgIpc) is 2.76. The van der Waals surface area contributed by atoms with Crippen LogP contribution in [0.15, 0.2) is 42.5 Å². The van der Waals surface area contributed by atoms with Gasteiger partial charge in [-0.05, 0) is 47.4 Å². The van der Waals surface area contributed by atoms with Gasteiger partial charge in [0.05, 0.1) is 11.7 Å². The van der Waals surface area contributed by atoms with Crippen molar-refractivity contribution < 1.29 is 22.7 Å². The number of hydrogen-bond donors (Lipinski definition) is 1. The highest BCUT2D eigenvalue weighted by Gasteiger charge is 2.36. The molecule has 0 saturated heterocycles. The zero-order valence-electron chi connectivity index (χ0n) is 10.9. The smallest absolute Gasteiger partial charge is 0.388 e. The Bertz CT molecular complexity index is 661. The highest BCUT2D eigenvalue weighted by molar-refractivity contribution is 5.46. The Morgan fingerprint density at radius 3 is 2.24 bits per heavy atom. The number of rotatable bonds is 1. The van der Waals surface area contributed by atoms with E-state index in [0.717, 1.165) is 12.1 Å². The number of alkyl halides is 3. The zero-order valence-corrected chi connectivity index (χ0v) is 10.9. The van der Waals surface area contributed by atoms with Crippen LogP contribution in [0.4, 0.5) is 17.6 Å². The third-order valence-corrected chi connectivity index (χ3v) is 3.88. The molecule has 110 valence electrons. The van der Waals surface area contributed by atoms with Crippen LogP contribution >= 0.6 is 0 Å². The summed E-state index contributed by atoms with van der Waals surface area (Å²) in [6.07, 6.45) is -4.91. The first-order chi connectivity index (χ1) is 9.86. The normalized spacial score (nSPS) is 21.4. The second-order valence-corrected chi connectivity index (χ2v) is 5.20. The molecular formula is C16H12F4O. The third-order valence-electron chi connectivity index (χ3n) is 3.88. The first-order valence-corrected chi connectivity index (χ1v) is 6.51. The molecule has 0 spiro atoms. The van der Waals surface area contributed by atoms with Gasteiger partial charge in [-0.3, -0.25) is 0 Å². The number of fused-ring (bicyclic) bond motifs is 1. The Hall–Kier alpha value is -1.88. The molecule has 5 heteroatoms. The van der Waals surface area contributed by atoms with Crippen molar-refractivity contribution in [3.8, 4) is 0 Å². The van der Waals surface area contributed by atoms with Gasteiger partial charge in [0.25, 0.3) is 0 Å². The second-order valence-electron chi connectivity index (χ2n) is 5.20. The van der Waals surface area contributed by atoms with E-state index in [4.69, 9.17) is 0 Å². The van der Waals surface area contributed by atoms with E-state index in [-0.39, 0.29) is 5.92 Å². The molecule has 0 radical (unpaired) electrons. The summed E-state index contributed by atoms with van der Waals surface area (Å²) in [5, 5.41) is 10.0. The van der Waals surface area contributed by atoms with E-state index in [0.29, 0.717) is 23.1 Å². The first kappa shape index (κ1) is 14.1. The molecule has 2 aromatic rings. The van der Waals surface area contributed by atoms with Gasteiger partial charge in [0.15, 0.2) is 0 Å². The van der Waals surface area contributed by atoms with Crippen molar-refractivity contribution in [1.82, 2.24) is 0 Å². The lowest BCUT2D eigenvalue weighted by atomic mass is 9.92. The molecular weight excluding hydrogens is 284 g/mol. The molecule has 2 atom stereocenters. The Morgan fingerprint density at radius 1 is 0.952 bits per heavy atom. The van der Waals surface area contributed by atoms with Crippen LogP contribution in [-0.4, -0.2) is 5.11 Å². The Labute approximate surface area is 118 Å². The monoisotopic (exact) mass is 296 g/mol. The Morgan fingerprint density at radius 2 is 1.62 bits per heavy atom. The highest BCUT2D eigenvalue weighted by Crippen LogP contribution is 2.45. The number of benzene rings is 2. The Kier molecular flexibility index (Phi) is 3.24. The van der Waals surface area contributed by atoms with Gasteiger partial charge in [-0.1, -0.05) is 18.2 Å². The van der Waals surface area contributed by atoms with E-state index in [1.165, 1.54) is 18.2 Å². The molecule has 2 unspecified atom stereocenters. The lowest BCUT2D eigenvalue weighted by molar-refractivity contribution is -0.137. The molecule has 0 aromatic heterocycles. The summed E-state index contributed by atoms with van der Waals surface area (Å²) in [4.78, 5) is 0. The standard InChI is InChI=1S/C16H12F4O/c17-11-4-1-9(2-5-11)13-8-15(21)12-6-3-10(7-14(12)13)16(18,19)20/h1-7,13,15,21H,8H2. The van der Waals surface area contributed by atoms with Crippen LogP contribution in [0.5, 0.6) is 0 Å². The van der Waals surface area contributed by atoms with Gasteiger partial charge >= 0.3 is 6.18 Å². The van der Waals surface area contributed by atoms with Gasteiger partial charge in [0, 0.05) is 5.92 Å². The molecule has 0 amide bonds. The van der Waals surface area contributed by atoms with Crippen molar-refractivity contribution in [1.29, 1.82) is 0 Å². The number of hydrogen-bond acceptors (Lipinski definition) is 1. The molecule has 1 N–H and O–H groups in total. The molecule has 0 bridgehead atoms. The highest BCUT2D eigenvalue weighted by atomic mass is 19.4. The second kappa shape index (κ2) is 4.84. The minimum absolute atomic E-state index is 0.308. The van der Waals surface area contributed by atoms with E-state index < -0.39 is 23.7 Å². The maximum atomic E-state index is 13.0. The van der Waals surface area contributed by atoms with E-state index >= 15 is 0 Å². The average molecular weight is 296 g/mol. The van der Waals surface area contributed by atoms with Gasteiger partial charge in [-0.15, -0.1) is 0 Å². The molecule has 3 rings (SSSR count). The van der Waals surface area contributed by atoms with Crippen molar-refractivity contribution in [2.75, 3.05) is 0 Å². The van der Waals surface area contributed by atoms with E-state index in [9.17, 15) is 22.7 Å². The fraction of sp³-hybridized carbons (Fsp3) is 0.250. The minimum Gasteiger partial charge on any atom is -0.388 e. The van der Waals surface area contributed by atoms with Crippen molar-refractivity contribution in [2.24, 2.45) is 0 Å². The summed E-state index contributed by atoms with van der Waals surface area (Å²) < 4.78 is 51.4. The van der Waals surface area contributed by atoms with Crippen molar-refractivity contribution in [3.63, 3.8) is 0 Å². The summed E-state index contributed by atoms with van der Waals surface area (Å²) in [5.41, 5.74) is 0.942. The summed E-state index contributed by atoms with van der Waals surface area (Å²) >= 11 is 0. The molecule has 1 aliphatic carbocycles. The molecule has 0 heterocycles. The molecule has 2 aromatic carbocycles. The van der Waals surface area contributed by atoms with Crippen LogP contribution in [0, 0.1) is 5.82 Å². The minimum atomic E-state index is -4.42. The van der Waals surface area contributed by atoms with Crippen LogP contribution in [0.25, 0.3) is 0 Å². The van der Waals surface area contributed by atoms with E-state index in [2.05, 4.69) is 0 Å². The van der Waals surface area contributed by atoms with Gasteiger partial charge in [0.1, 0.15) is 5.82 Å². The summed E-state index contributed by atoms with van der Waals surface area (Å²) in [6, 6.07) is 9.02. The third kappa shape index (κ3) is 2.53. The summed E-state index contributed by atoms with van der Waals surface area (Å²) in [5.74, 6) is -0.750. The predicted molar refractivity (Wildman–Crippen MR) is 69.3 cm³/mol. The molecule has 0 fully saturated rings. The van der Waals surface area contributed by atoms with Crippen LogP contribution in [0.1, 0.15) is 40.7 Å². The molecule has 0 saturated carbocycles. The van der Waals surface area contributed by atoms with Crippen LogP contribution in [0.3, 0.4) is 0 Å². The number of aliphatic hydroxyl groups is 1. The van der Waals surface area contributed by atoms with Gasteiger partial charge in [-0.2, -0.15) is 13.2 Å². The lowest BCUT2D eigenvalue weighted by Crippen LogP contribution is -2.06. The molecule has 0 aliphatic heterocycles. The van der Waals surface area contributed by atoms with Crippen molar-refractivity contribution in [3.05, 3.63) is 70.5 Å². The first-order valence-electron chi connectivity index (χ1n) is 6.51. The maximum Gasteiger partial charge on any atom is 0.416 e. The fourth-order valence-corrected chi connectivity index (χ4v) is 2.84. The van der Waals surface area contributed by atoms with Gasteiger partial charge in [-0.25, -0.2) is 4.39 Å². The quantitative estimate of drug-likeness (QED) is 0.773.